The summed E-state index contributed by atoms with van der Waals surface area (Å²) in [4.78, 5) is 25.0. The minimum Gasteiger partial charge on any atom is -0.494 e. The first-order valence-electron chi connectivity index (χ1n) is 5.69. The van der Waals surface area contributed by atoms with Crippen LogP contribution in [0.1, 0.15) is 44.7 Å². The van der Waals surface area contributed by atoms with Gasteiger partial charge in [-0.2, -0.15) is 13.2 Å². The van der Waals surface area contributed by atoms with Crippen molar-refractivity contribution in [2.75, 3.05) is 0 Å². The minimum atomic E-state index is -4.47. The van der Waals surface area contributed by atoms with Gasteiger partial charge in [-0.05, 0) is 12.8 Å². The Morgan fingerprint density at radius 2 is 1.79 bits per heavy atom. The summed E-state index contributed by atoms with van der Waals surface area (Å²) in [5.41, 5.74) is -1.94. The lowest BCUT2D eigenvalue weighted by Crippen LogP contribution is -2.35. The largest absolute Gasteiger partial charge is 0.494 e. The van der Waals surface area contributed by atoms with Crippen LogP contribution in [0.2, 0.25) is 0 Å². The van der Waals surface area contributed by atoms with Gasteiger partial charge in [-0.15, -0.1) is 0 Å². The number of hydrogen-bond acceptors (Lipinski definition) is 3. The van der Waals surface area contributed by atoms with Gasteiger partial charge in [0.25, 0.3) is 5.56 Å². The molecule has 0 saturated heterocycles. The molecular formula is C11H15F3N2O3. The fourth-order valence-corrected chi connectivity index (χ4v) is 1.91. The van der Waals surface area contributed by atoms with Crippen LogP contribution >= 0.6 is 0 Å². The molecule has 8 heteroatoms. The summed E-state index contributed by atoms with van der Waals surface area (Å²) in [6.45, 7) is 4.33. The highest BCUT2D eigenvalue weighted by Gasteiger charge is 2.32. The lowest BCUT2D eigenvalue weighted by molar-refractivity contribution is -0.142. The summed E-state index contributed by atoms with van der Waals surface area (Å²) in [5, 5.41) is 9.86. The van der Waals surface area contributed by atoms with Gasteiger partial charge in [0, 0.05) is 6.04 Å². The van der Waals surface area contributed by atoms with E-state index >= 15 is 0 Å². The third-order valence-electron chi connectivity index (χ3n) is 2.70. The molecule has 0 aliphatic rings. The Bertz CT molecular complexity index is 572. The van der Waals surface area contributed by atoms with E-state index in [0.29, 0.717) is 4.57 Å². The molecule has 1 heterocycles. The zero-order valence-corrected chi connectivity index (χ0v) is 10.7. The van der Waals surface area contributed by atoms with Gasteiger partial charge in [-0.25, -0.2) is 4.79 Å². The van der Waals surface area contributed by atoms with Crippen molar-refractivity contribution < 1.29 is 18.3 Å². The quantitative estimate of drug-likeness (QED) is 0.887. The molecule has 0 spiro atoms. The van der Waals surface area contributed by atoms with E-state index in [2.05, 4.69) is 0 Å². The second kappa shape index (κ2) is 5.10. The second-order valence-electron chi connectivity index (χ2n) is 4.69. The smallest absolute Gasteiger partial charge is 0.391 e. The van der Waals surface area contributed by atoms with E-state index in [9.17, 15) is 27.9 Å². The molecule has 1 aromatic rings. The molecule has 1 atom stereocenters. The zero-order chi connectivity index (χ0) is 15.0. The number of halogens is 3. The van der Waals surface area contributed by atoms with Gasteiger partial charge in [0.2, 0.25) is 5.88 Å². The Kier molecular flexibility index (Phi) is 4.12. The second-order valence-corrected chi connectivity index (χ2v) is 4.69. The van der Waals surface area contributed by atoms with E-state index in [1.165, 1.54) is 0 Å². The maximum atomic E-state index is 12.3. The Morgan fingerprint density at radius 3 is 2.21 bits per heavy atom. The summed E-state index contributed by atoms with van der Waals surface area (Å²) in [7, 11) is 0. The van der Waals surface area contributed by atoms with Crippen LogP contribution in [-0.2, 0) is 0 Å². The Labute approximate surface area is 106 Å². The van der Waals surface area contributed by atoms with Gasteiger partial charge in [-0.3, -0.25) is 14.3 Å². The Morgan fingerprint density at radius 1 is 1.26 bits per heavy atom. The molecular weight excluding hydrogens is 265 g/mol. The van der Waals surface area contributed by atoms with Crippen molar-refractivity contribution in [2.45, 2.75) is 45.3 Å². The minimum absolute atomic E-state index is 0.103. The first kappa shape index (κ1) is 15.3. The van der Waals surface area contributed by atoms with Crippen LogP contribution in [0.5, 0.6) is 5.88 Å². The van der Waals surface area contributed by atoms with Crippen LogP contribution in [0.15, 0.2) is 9.59 Å². The number of H-pyrrole nitrogens is 1. The predicted molar refractivity (Wildman–Crippen MR) is 62.5 cm³/mol. The number of aromatic nitrogens is 2. The van der Waals surface area contributed by atoms with Gasteiger partial charge >= 0.3 is 11.9 Å². The SMILES string of the molecule is CC(C)c1c(O)n(C(C)CC(F)(F)F)c(=O)[nH]c1=O. The van der Waals surface area contributed by atoms with E-state index in [1.807, 2.05) is 4.98 Å². The van der Waals surface area contributed by atoms with Gasteiger partial charge in [0.1, 0.15) is 0 Å². The highest BCUT2D eigenvalue weighted by molar-refractivity contribution is 5.26. The van der Waals surface area contributed by atoms with Crippen LogP contribution in [-0.4, -0.2) is 20.8 Å². The van der Waals surface area contributed by atoms with Gasteiger partial charge < -0.3 is 5.11 Å². The van der Waals surface area contributed by atoms with E-state index in [4.69, 9.17) is 0 Å². The van der Waals surface area contributed by atoms with Crippen molar-refractivity contribution in [1.29, 1.82) is 0 Å². The molecule has 0 radical (unpaired) electrons. The molecule has 5 nitrogen and oxygen atoms in total. The van der Waals surface area contributed by atoms with Crippen molar-refractivity contribution in [3.8, 4) is 5.88 Å². The third kappa shape index (κ3) is 3.39. The number of nitrogens with zero attached hydrogens (tertiary/aromatic N) is 1. The number of nitrogens with one attached hydrogen (secondary N) is 1. The molecule has 1 unspecified atom stereocenters. The third-order valence-corrected chi connectivity index (χ3v) is 2.70. The molecule has 0 fully saturated rings. The van der Waals surface area contributed by atoms with Crippen molar-refractivity contribution in [2.24, 2.45) is 0 Å². The normalized spacial score (nSPS) is 13.8. The molecule has 0 aliphatic heterocycles. The first-order valence-corrected chi connectivity index (χ1v) is 5.69. The number of rotatable bonds is 3. The standard InChI is InChI=1S/C11H15F3N2O3/c1-5(2)7-8(17)15-10(19)16(9(7)18)6(3)4-11(12,13)14/h5-6,18H,4H2,1-3H3,(H,15,17,19). The summed E-state index contributed by atoms with van der Waals surface area (Å²) < 4.78 is 37.5. The van der Waals surface area contributed by atoms with Gasteiger partial charge in [0.15, 0.2) is 0 Å². The number of hydrogen-bond donors (Lipinski definition) is 2. The van der Waals surface area contributed by atoms with Crippen molar-refractivity contribution >= 4 is 0 Å². The topological polar surface area (TPSA) is 75.1 Å². The first-order chi connectivity index (χ1) is 8.54. The molecule has 2 N–H and O–H groups in total. The van der Waals surface area contributed by atoms with Crippen LogP contribution in [0.3, 0.4) is 0 Å². The molecule has 1 aromatic heterocycles. The monoisotopic (exact) mass is 280 g/mol. The molecule has 0 bridgehead atoms. The maximum absolute atomic E-state index is 12.3. The fourth-order valence-electron chi connectivity index (χ4n) is 1.91. The molecule has 0 aliphatic carbocycles. The molecule has 19 heavy (non-hydrogen) atoms. The summed E-state index contributed by atoms with van der Waals surface area (Å²) >= 11 is 0. The zero-order valence-electron chi connectivity index (χ0n) is 10.7. The lowest BCUT2D eigenvalue weighted by atomic mass is 10.1. The van der Waals surface area contributed by atoms with E-state index < -0.39 is 41.7 Å². The van der Waals surface area contributed by atoms with Crippen LogP contribution in [0.25, 0.3) is 0 Å². The Hall–Kier alpha value is -1.73. The number of aromatic hydroxyl groups is 1. The average molecular weight is 280 g/mol. The Balaban J connectivity index is 3.40. The molecule has 108 valence electrons. The number of alkyl halides is 3. The lowest BCUT2D eigenvalue weighted by Gasteiger charge is -2.20. The summed E-state index contributed by atoms with van der Waals surface area (Å²) in [6.07, 6.45) is -5.75. The summed E-state index contributed by atoms with van der Waals surface area (Å²) in [5.74, 6) is -1.13. The maximum Gasteiger partial charge on any atom is 0.391 e. The van der Waals surface area contributed by atoms with Gasteiger partial charge in [-0.1, -0.05) is 13.8 Å². The highest BCUT2D eigenvalue weighted by Crippen LogP contribution is 2.30. The van der Waals surface area contributed by atoms with Crippen LogP contribution in [0, 0.1) is 0 Å². The van der Waals surface area contributed by atoms with Crippen LogP contribution in [0.4, 0.5) is 13.2 Å². The van der Waals surface area contributed by atoms with E-state index in [-0.39, 0.29) is 5.56 Å². The van der Waals surface area contributed by atoms with E-state index in [1.54, 1.807) is 13.8 Å². The molecule has 0 aromatic carbocycles. The van der Waals surface area contributed by atoms with Crippen molar-refractivity contribution in [3.05, 3.63) is 26.4 Å². The van der Waals surface area contributed by atoms with Gasteiger partial charge in [0.05, 0.1) is 12.0 Å². The fraction of sp³-hybridized carbons (Fsp3) is 0.636. The highest BCUT2D eigenvalue weighted by atomic mass is 19.4. The summed E-state index contributed by atoms with van der Waals surface area (Å²) in [6, 6.07) is -1.30. The molecule has 0 saturated carbocycles. The van der Waals surface area contributed by atoms with Crippen molar-refractivity contribution in [1.82, 2.24) is 9.55 Å². The molecule has 0 amide bonds. The number of aromatic amines is 1. The van der Waals surface area contributed by atoms with E-state index in [0.717, 1.165) is 6.92 Å². The van der Waals surface area contributed by atoms with Crippen molar-refractivity contribution in [3.63, 3.8) is 0 Å². The van der Waals surface area contributed by atoms with Crippen LogP contribution < -0.4 is 11.2 Å². The molecule has 1 rings (SSSR count). The predicted octanol–water partition coefficient (Wildman–Crippen LogP) is 1.88. The average Bonchev–Trinajstić information content (AvgIpc) is 2.11.